The topological polar surface area (TPSA) is 163 Å². The molecule has 0 amide bonds. The second-order valence-electron chi connectivity index (χ2n) is 9.50. The molecular formula is C30H21N11O. The van der Waals surface area contributed by atoms with Crippen molar-refractivity contribution in [2.24, 2.45) is 0 Å². The number of fused-ring (bicyclic) bond motifs is 1. The van der Waals surface area contributed by atoms with Crippen molar-refractivity contribution in [3.63, 3.8) is 0 Å². The van der Waals surface area contributed by atoms with Crippen LogP contribution in [0, 0.1) is 0 Å². The third-order valence-electron chi connectivity index (χ3n) is 7.19. The Morgan fingerprint density at radius 2 is 1.74 bits per heavy atom. The molecule has 1 atom stereocenters. The Bertz CT molecular complexity index is 2040. The van der Waals surface area contributed by atoms with Gasteiger partial charge in [0, 0.05) is 70.4 Å². The van der Waals surface area contributed by atoms with Crippen molar-refractivity contribution in [1.29, 1.82) is 0 Å². The van der Waals surface area contributed by atoms with Gasteiger partial charge in [-0.3, -0.25) is 20.1 Å². The summed E-state index contributed by atoms with van der Waals surface area (Å²) in [6.45, 7) is 0. The smallest absolute Gasteiger partial charge is 0.154 e. The first-order valence-corrected chi connectivity index (χ1v) is 13.2. The van der Waals surface area contributed by atoms with E-state index in [9.17, 15) is 0 Å². The molecular weight excluding hydrogens is 530 g/mol. The summed E-state index contributed by atoms with van der Waals surface area (Å²) in [5.41, 5.74) is 8.54. The van der Waals surface area contributed by atoms with Crippen LogP contribution in [0.25, 0.3) is 67.5 Å². The number of ether oxygens (including phenoxy) is 1. The van der Waals surface area contributed by atoms with Crippen LogP contribution in [0.3, 0.4) is 0 Å². The van der Waals surface area contributed by atoms with Gasteiger partial charge in [-0.15, -0.1) is 0 Å². The summed E-state index contributed by atoms with van der Waals surface area (Å²) in [5, 5.41) is 19.9. The molecule has 1 aliphatic heterocycles. The van der Waals surface area contributed by atoms with Crippen LogP contribution in [0.2, 0.25) is 0 Å². The van der Waals surface area contributed by atoms with Crippen LogP contribution >= 0.6 is 0 Å². The van der Waals surface area contributed by atoms with Crippen molar-refractivity contribution in [3.8, 4) is 56.5 Å². The number of rotatable bonds is 6. The van der Waals surface area contributed by atoms with E-state index in [-0.39, 0.29) is 0 Å². The van der Waals surface area contributed by atoms with E-state index in [0.29, 0.717) is 17.2 Å². The molecule has 12 nitrogen and oxygen atoms in total. The molecule has 42 heavy (non-hydrogen) atoms. The van der Waals surface area contributed by atoms with Gasteiger partial charge in [0.2, 0.25) is 0 Å². The molecule has 12 heteroatoms. The van der Waals surface area contributed by atoms with Crippen LogP contribution in [0.15, 0.2) is 98.3 Å². The van der Waals surface area contributed by atoms with Crippen molar-refractivity contribution in [2.45, 2.75) is 6.10 Å². The Morgan fingerprint density at radius 1 is 0.762 bits per heavy atom. The third kappa shape index (κ3) is 3.73. The van der Waals surface area contributed by atoms with E-state index in [1.54, 1.807) is 55.8 Å². The summed E-state index contributed by atoms with van der Waals surface area (Å²) in [4.78, 5) is 25.5. The normalized spacial score (nSPS) is 14.4. The van der Waals surface area contributed by atoms with Gasteiger partial charge in [0.1, 0.15) is 11.8 Å². The lowest BCUT2D eigenvalue weighted by Crippen LogP contribution is -2.08. The van der Waals surface area contributed by atoms with E-state index in [1.165, 1.54) is 0 Å². The number of imidazole rings is 1. The lowest BCUT2D eigenvalue weighted by atomic mass is 9.83. The molecule has 6 aromatic heterocycles. The number of hydrogen-bond donors (Lipinski definition) is 4. The van der Waals surface area contributed by atoms with Crippen molar-refractivity contribution in [2.75, 3.05) is 0 Å². The van der Waals surface area contributed by atoms with Crippen molar-refractivity contribution in [3.05, 3.63) is 104 Å². The second-order valence-corrected chi connectivity index (χ2v) is 9.50. The summed E-state index contributed by atoms with van der Waals surface area (Å²) in [5.74, 6) is 0.660. The Kier molecular flexibility index (Phi) is 5.52. The standard InChI is InChI=1S/C30H21N11O/c1-3-8-32-17(5-1)24-27-23(20-16-37-41-40-20)26(21-6-2-4-14-42-21)22(19-15-31-10-11-33-19)25(18-7-9-36-39-18)28(27)38-29(24)30-34-12-13-35-30/h1-16,21,38H,(H,34,35)(H,36,39)(H,37,40,41). The molecule has 1 aliphatic rings. The fraction of sp³-hybridized carbons (Fsp3) is 0.0333. The maximum atomic E-state index is 6.27. The van der Waals surface area contributed by atoms with Crippen LogP contribution < -0.4 is 0 Å². The monoisotopic (exact) mass is 551 g/mol. The van der Waals surface area contributed by atoms with Crippen molar-refractivity contribution < 1.29 is 4.74 Å². The van der Waals surface area contributed by atoms with E-state index in [1.807, 2.05) is 42.5 Å². The first-order valence-electron chi connectivity index (χ1n) is 13.2. The average molecular weight is 552 g/mol. The SMILES string of the molecule is C1=COC(c2c(-c3cnccn3)c(-c3ccn[nH]3)c3[nH]c(-c4ncc[nH]4)c(-c4ccccn4)c3c2-c2cn[nH]n2)C=C1. The van der Waals surface area contributed by atoms with Gasteiger partial charge < -0.3 is 14.7 Å². The molecule has 1 aromatic carbocycles. The molecule has 8 rings (SSSR count). The quantitative estimate of drug-likeness (QED) is 0.214. The minimum absolute atomic E-state index is 0.483. The van der Waals surface area contributed by atoms with Gasteiger partial charge in [0.15, 0.2) is 5.82 Å². The number of nitrogens with zero attached hydrogens (tertiary/aromatic N) is 7. The molecule has 0 aliphatic carbocycles. The molecule has 1 unspecified atom stereocenters. The minimum atomic E-state index is -0.483. The number of pyridine rings is 1. The molecule has 0 radical (unpaired) electrons. The average Bonchev–Trinajstić information content (AvgIpc) is 3.88. The molecule has 7 aromatic rings. The zero-order valence-corrected chi connectivity index (χ0v) is 21.9. The molecule has 7 heterocycles. The van der Waals surface area contributed by atoms with Gasteiger partial charge in [0.05, 0.1) is 46.9 Å². The van der Waals surface area contributed by atoms with Gasteiger partial charge in [-0.25, -0.2) is 4.98 Å². The molecule has 202 valence electrons. The van der Waals surface area contributed by atoms with Crippen LogP contribution in [0.4, 0.5) is 0 Å². The van der Waals surface area contributed by atoms with E-state index in [4.69, 9.17) is 14.7 Å². The van der Waals surface area contributed by atoms with Crippen LogP contribution in [0.5, 0.6) is 0 Å². The minimum Gasteiger partial charge on any atom is -0.489 e. The number of aromatic amines is 4. The molecule has 0 bridgehead atoms. The first kappa shape index (κ1) is 23.7. The van der Waals surface area contributed by atoms with Crippen molar-refractivity contribution in [1.82, 2.24) is 55.5 Å². The zero-order chi connectivity index (χ0) is 27.9. The fourth-order valence-electron chi connectivity index (χ4n) is 5.58. The number of allylic oxidation sites excluding steroid dienone is 2. The molecule has 0 fully saturated rings. The van der Waals surface area contributed by atoms with E-state index in [2.05, 4.69) is 45.5 Å². The molecule has 0 saturated heterocycles. The lowest BCUT2D eigenvalue weighted by molar-refractivity contribution is 0.187. The van der Waals surface area contributed by atoms with Gasteiger partial charge in [0.25, 0.3) is 0 Å². The Labute approximate surface area is 237 Å². The number of aromatic nitrogens is 11. The van der Waals surface area contributed by atoms with Gasteiger partial charge in [-0.2, -0.15) is 20.5 Å². The highest BCUT2D eigenvalue weighted by atomic mass is 16.5. The summed E-state index contributed by atoms with van der Waals surface area (Å²) in [6.07, 6.45) is 20.8. The Hall–Kier alpha value is -6.17. The van der Waals surface area contributed by atoms with Crippen molar-refractivity contribution >= 4 is 10.9 Å². The largest absolute Gasteiger partial charge is 0.489 e. The lowest BCUT2D eigenvalue weighted by Gasteiger charge is -2.25. The van der Waals surface area contributed by atoms with Gasteiger partial charge in [-0.05, 0) is 30.4 Å². The summed E-state index contributed by atoms with van der Waals surface area (Å²) in [7, 11) is 0. The first-order chi connectivity index (χ1) is 20.9. The van der Waals surface area contributed by atoms with E-state index < -0.39 is 6.10 Å². The highest BCUT2D eigenvalue weighted by Gasteiger charge is 2.34. The van der Waals surface area contributed by atoms with Gasteiger partial charge >= 0.3 is 0 Å². The van der Waals surface area contributed by atoms with Crippen LogP contribution in [-0.4, -0.2) is 55.5 Å². The third-order valence-corrected chi connectivity index (χ3v) is 7.19. The highest BCUT2D eigenvalue weighted by Crippen LogP contribution is 2.52. The van der Waals surface area contributed by atoms with E-state index in [0.717, 1.165) is 55.8 Å². The maximum Gasteiger partial charge on any atom is 0.154 e. The number of hydrogen-bond acceptors (Lipinski definition) is 8. The second kappa shape index (κ2) is 9.78. The summed E-state index contributed by atoms with van der Waals surface area (Å²) < 4.78 is 6.27. The predicted octanol–water partition coefficient (Wildman–Crippen LogP) is 5.39. The molecule has 4 N–H and O–H groups in total. The Morgan fingerprint density at radius 3 is 2.45 bits per heavy atom. The fourth-order valence-corrected chi connectivity index (χ4v) is 5.58. The molecule has 0 spiro atoms. The number of H-pyrrole nitrogens is 4. The predicted molar refractivity (Wildman–Crippen MR) is 155 cm³/mol. The zero-order valence-electron chi connectivity index (χ0n) is 21.9. The highest BCUT2D eigenvalue weighted by molar-refractivity contribution is 6.18. The summed E-state index contributed by atoms with van der Waals surface area (Å²) in [6, 6.07) is 7.77. The molecule has 0 saturated carbocycles. The maximum absolute atomic E-state index is 6.27. The summed E-state index contributed by atoms with van der Waals surface area (Å²) >= 11 is 0. The Balaban J connectivity index is 1.65. The van der Waals surface area contributed by atoms with Crippen LogP contribution in [-0.2, 0) is 4.74 Å². The van der Waals surface area contributed by atoms with E-state index >= 15 is 0 Å². The van der Waals surface area contributed by atoms with Gasteiger partial charge in [-0.1, -0.05) is 12.1 Å². The number of nitrogens with one attached hydrogen (secondary N) is 4. The number of benzene rings is 1. The van der Waals surface area contributed by atoms with Crippen LogP contribution in [0.1, 0.15) is 11.7 Å².